The Labute approximate surface area is 121 Å². The van der Waals surface area contributed by atoms with Gasteiger partial charge in [-0.3, -0.25) is 0 Å². The largest absolute Gasteiger partial charge is 0.309 e. The predicted molar refractivity (Wildman–Crippen MR) is 82.7 cm³/mol. The van der Waals surface area contributed by atoms with Crippen molar-refractivity contribution in [2.24, 2.45) is 5.92 Å². The zero-order valence-corrected chi connectivity index (χ0v) is 13.7. The average Bonchev–Trinajstić information content (AvgIpc) is 2.76. The maximum Gasteiger partial charge on any atom is 0.0981 e. The van der Waals surface area contributed by atoms with Crippen molar-refractivity contribution in [2.45, 2.75) is 52.1 Å². The molecule has 2 rings (SSSR count). The van der Waals surface area contributed by atoms with Gasteiger partial charge in [-0.2, -0.15) is 0 Å². The quantitative estimate of drug-likeness (QED) is 0.923. The van der Waals surface area contributed by atoms with Crippen LogP contribution in [-0.4, -0.2) is 36.1 Å². The van der Waals surface area contributed by atoms with E-state index in [1.165, 1.54) is 29.4 Å². The third kappa shape index (κ3) is 4.01. The molecule has 3 nitrogen and oxygen atoms in total. The molecule has 0 bridgehead atoms. The first-order valence-electron chi connectivity index (χ1n) is 7.23. The van der Waals surface area contributed by atoms with Gasteiger partial charge in [-0.25, -0.2) is 4.98 Å². The highest BCUT2D eigenvalue weighted by atomic mass is 32.1. The van der Waals surface area contributed by atoms with E-state index in [0.717, 1.165) is 12.5 Å². The van der Waals surface area contributed by atoms with Crippen molar-refractivity contribution in [1.29, 1.82) is 0 Å². The van der Waals surface area contributed by atoms with E-state index in [-0.39, 0.29) is 5.41 Å². The van der Waals surface area contributed by atoms with Crippen molar-refractivity contribution < 1.29 is 0 Å². The molecule has 1 aliphatic heterocycles. The summed E-state index contributed by atoms with van der Waals surface area (Å²) >= 11 is 1.85. The molecule has 0 radical (unpaired) electrons. The van der Waals surface area contributed by atoms with E-state index in [1.54, 1.807) is 0 Å². The summed E-state index contributed by atoms with van der Waals surface area (Å²) in [5, 5.41) is 4.95. The van der Waals surface area contributed by atoms with Crippen LogP contribution in [0.25, 0.3) is 0 Å². The second-order valence-electron chi connectivity index (χ2n) is 6.90. The minimum atomic E-state index is 0.170. The lowest BCUT2D eigenvalue weighted by Gasteiger charge is -2.35. The van der Waals surface area contributed by atoms with Gasteiger partial charge in [-0.05, 0) is 25.9 Å². The molecule has 1 N–H and O–H groups in total. The second kappa shape index (κ2) is 5.90. The molecule has 1 aromatic heterocycles. The summed E-state index contributed by atoms with van der Waals surface area (Å²) in [5.41, 5.74) is 0.170. The number of thiazole rings is 1. The van der Waals surface area contributed by atoms with Gasteiger partial charge >= 0.3 is 0 Å². The van der Waals surface area contributed by atoms with Crippen molar-refractivity contribution in [3.05, 3.63) is 16.1 Å². The molecule has 19 heavy (non-hydrogen) atoms. The number of hydrogen-bond donors (Lipinski definition) is 1. The number of piperidine rings is 1. The summed E-state index contributed by atoms with van der Waals surface area (Å²) in [6.45, 7) is 12.4. The van der Waals surface area contributed by atoms with Gasteiger partial charge in [0.05, 0.1) is 5.01 Å². The number of hydrogen-bond acceptors (Lipinski definition) is 4. The van der Waals surface area contributed by atoms with E-state index < -0.39 is 0 Å². The maximum atomic E-state index is 4.55. The van der Waals surface area contributed by atoms with E-state index in [4.69, 9.17) is 0 Å². The minimum Gasteiger partial charge on any atom is -0.309 e. The van der Waals surface area contributed by atoms with Crippen LogP contribution in [0.1, 0.15) is 44.0 Å². The predicted octanol–water partition coefficient (Wildman–Crippen LogP) is 2.87. The fourth-order valence-electron chi connectivity index (χ4n) is 2.63. The topological polar surface area (TPSA) is 28.2 Å². The van der Waals surface area contributed by atoms with Crippen LogP contribution in [0.3, 0.4) is 0 Å². The lowest BCUT2D eigenvalue weighted by Crippen LogP contribution is -2.46. The Balaban J connectivity index is 1.87. The Morgan fingerprint density at radius 1 is 1.47 bits per heavy atom. The Morgan fingerprint density at radius 2 is 2.21 bits per heavy atom. The molecule has 1 fully saturated rings. The van der Waals surface area contributed by atoms with Crippen molar-refractivity contribution in [3.63, 3.8) is 0 Å². The van der Waals surface area contributed by atoms with Crippen molar-refractivity contribution in [3.8, 4) is 0 Å². The van der Waals surface area contributed by atoms with Crippen LogP contribution in [0, 0.1) is 5.92 Å². The molecule has 2 atom stereocenters. The monoisotopic (exact) mass is 281 g/mol. The highest BCUT2D eigenvalue weighted by Gasteiger charge is 2.24. The van der Waals surface area contributed by atoms with E-state index >= 15 is 0 Å². The lowest BCUT2D eigenvalue weighted by atomic mass is 9.94. The van der Waals surface area contributed by atoms with Crippen molar-refractivity contribution in [2.75, 3.05) is 20.1 Å². The fourth-order valence-corrected chi connectivity index (χ4v) is 3.55. The molecule has 2 heterocycles. The normalized spacial score (nSPS) is 25.7. The Kier molecular flexibility index (Phi) is 4.64. The maximum absolute atomic E-state index is 4.55. The molecule has 0 aliphatic carbocycles. The van der Waals surface area contributed by atoms with Crippen molar-refractivity contribution >= 4 is 11.3 Å². The van der Waals surface area contributed by atoms with Gasteiger partial charge in [0.2, 0.25) is 0 Å². The zero-order chi connectivity index (χ0) is 14.0. The van der Waals surface area contributed by atoms with E-state index in [0.29, 0.717) is 6.04 Å². The summed E-state index contributed by atoms with van der Waals surface area (Å²) in [6, 6.07) is 0.649. The summed E-state index contributed by atoms with van der Waals surface area (Å²) in [4.78, 5) is 8.33. The highest BCUT2D eigenvalue weighted by molar-refractivity contribution is 7.11. The molecule has 1 aliphatic rings. The molecule has 0 amide bonds. The minimum absolute atomic E-state index is 0.170. The van der Waals surface area contributed by atoms with Crippen LogP contribution in [0.4, 0.5) is 0 Å². The zero-order valence-electron chi connectivity index (χ0n) is 12.9. The van der Waals surface area contributed by atoms with Crippen LogP contribution in [0.2, 0.25) is 0 Å². The summed E-state index contributed by atoms with van der Waals surface area (Å²) in [5.74, 6) is 0.730. The van der Waals surface area contributed by atoms with E-state index in [9.17, 15) is 0 Å². The standard InChI is InChI=1S/C15H27N3S/c1-11-10-18(5)7-6-13(11)16-8-12-9-17-14(19-12)15(2,3)4/h9,11,13,16H,6-8,10H2,1-5H3. The molecule has 4 heteroatoms. The van der Waals surface area contributed by atoms with Crippen LogP contribution < -0.4 is 5.32 Å². The van der Waals surface area contributed by atoms with Gasteiger partial charge in [0.15, 0.2) is 0 Å². The smallest absolute Gasteiger partial charge is 0.0981 e. The molecule has 2 unspecified atom stereocenters. The molecule has 1 saturated heterocycles. The molecule has 108 valence electrons. The molecule has 0 aromatic carbocycles. The molecule has 0 saturated carbocycles. The molecule has 0 spiro atoms. The third-order valence-corrected chi connectivity index (χ3v) is 5.27. The first-order valence-corrected chi connectivity index (χ1v) is 8.05. The Bertz CT molecular complexity index is 408. The van der Waals surface area contributed by atoms with Gasteiger partial charge in [-0.15, -0.1) is 11.3 Å². The van der Waals surface area contributed by atoms with Crippen LogP contribution in [0.5, 0.6) is 0 Å². The summed E-state index contributed by atoms with van der Waals surface area (Å²) < 4.78 is 0. The average molecular weight is 281 g/mol. The Hall–Kier alpha value is -0.450. The summed E-state index contributed by atoms with van der Waals surface area (Å²) in [6.07, 6.45) is 3.29. The van der Waals surface area contributed by atoms with Crippen molar-refractivity contribution in [1.82, 2.24) is 15.2 Å². The number of nitrogens with zero attached hydrogens (tertiary/aromatic N) is 2. The fraction of sp³-hybridized carbons (Fsp3) is 0.800. The number of rotatable bonds is 3. The van der Waals surface area contributed by atoms with Crippen LogP contribution in [-0.2, 0) is 12.0 Å². The van der Waals surface area contributed by atoms with Gasteiger partial charge in [0.1, 0.15) is 0 Å². The van der Waals surface area contributed by atoms with Gasteiger partial charge < -0.3 is 10.2 Å². The van der Waals surface area contributed by atoms with Crippen LogP contribution >= 0.6 is 11.3 Å². The lowest BCUT2D eigenvalue weighted by molar-refractivity contribution is 0.174. The first-order chi connectivity index (χ1) is 8.86. The molecular weight excluding hydrogens is 254 g/mol. The number of aromatic nitrogens is 1. The number of nitrogens with one attached hydrogen (secondary N) is 1. The Morgan fingerprint density at radius 3 is 2.79 bits per heavy atom. The molecule has 1 aromatic rings. The highest BCUT2D eigenvalue weighted by Crippen LogP contribution is 2.27. The van der Waals surface area contributed by atoms with Gasteiger partial charge in [0.25, 0.3) is 0 Å². The van der Waals surface area contributed by atoms with Gasteiger partial charge in [-0.1, -0.05) is 27.7 Å². The van der Waals surface area contributed by atoms with Crippen LogP contribution in [0.15, 0.2) is 6.20 Å². The number of likely N-dealkylation sites (tertiary alicyclic amines) is 1. The third-order valence-electron chi connectivity index (χ3n) is 3.84. The van der Waals surface area contributed by atoms with Gasteiger partial charge in [0, 0.05) is 35.6 Å². The first kappa shape index (κ1) is 14.9. The molecular formula is C15H27N3S. The van der Waals surface area contributed by atoms with E-state index in [1.807, 2.05) is 17.5 Å². The second-order valence-corrected chi connectivity index (χ2v) is 8.01. The van der Waals surface area contributed by atoms with E-state index in [2.05, 4.69) is 49.9 Å². The summed E-state index contributed by atoms with van der Waals surface area (Å²) in [7, 11) is 2.21. The SMILES string of the molecule is CC1CN(C)CCC1NCc1cnc(C(C)(C)C)s1.